The molecule has 0 heterocycles. The molecule has 0 amide bonds. The Hall–Kier alpha value is -0.880. The van der Waals surface area contributed by atoms with E-state index in [0.717, 1.165) is 32.1 Å². The summed E-state index contributed by atoms with van der Waals surface area (Å²) in [5.41, 5.74) is 0. The largest absolute Gasteiger partial charge is 0.498 e. The summed E-state index contributed by atoms with van der Waals surface area (Å²) >= 11 is 0. The third-order valence-corrected chi connectivity index (χ3v) is 10.4. The van der Waals surface area contributed by atoms with Crippen molar-refractivity contribution in [3.8, 4) is 0 Å². The molecule has 304 valence electrons. The maximum Gasteiger partial charge on any atom is 0.469 e. The number of allylic oxidation sites excluding steroid dienone is 1. The van der Waals surface area contributed by atoms with Crippen LogP contribution in [-0.2, 0) is 23.4 Å². The van der Waals surface area contributed by atoms with Gasteiger partial charge in [-0.1, -0.05) is 213 Å². The molecule has 0 rings (SSSR count). The van der Waals surface area contributed by atoms with Crippen LogP contribution in [0.2, 0.25) is 0 Å². The normalized spacial score (nSPS) is 12.5. The van der Waals surface area contributed by atoms with Crippen molar-refractivity contribution in [2.75, 3.05) is 13.2 Å². The monoisotopic (exact) mass is 745 g/mol. The van der Waals surface area contributed by atoms with Gasteiger partial charge in [0.2, 0.25) is 0 Å². The Morgan fingerprint density at radius 1 is 0.510 bits per heavy atom. The van der Waals surface area contributed by atoms with Gasteiger partial charge >= 0.3 is 13.8 Å². The lowest BCUT2D eigenvalue weighted by atomic mass is 10.0. The molecule has 0 aromatic heterocycles. The minimum Gasteiger partial charge on any atom is -0.498 e. The zero-order chi connectivity index (χ0) is 37.4. The number of hydrogen-bond donors (Lipinski definition) is 2. The number of phosphoric ester groups is 1. The molecule has 1 atom stereocenters. The Bertz CT molecular complexity index is 784. The van der Waals surface area contributed by atoms with Crippen molar-refractivity contribution in [2.24, 2.45) is 0 Å². The summed E-state index contributed by atoms with van der Waals surface area (Å²) < 4.78 is 26.8. The van der Waals surface area contributed by atoms with E-state index in [1.165, 1.54) is 186 Å². The van der Waals surface area contributed by atoms with Crippen molar-refractivity contribution in [1.82, 2.24) is 0 Å². The Morgan fingerprint density at radius 3 is 1.20 bits per heavy atom. The van der Waals surface area contributed by atoms with Gasteiger partial charge < -0.3 is 19.3 Å². The Balaban J connectivity index is 3.77. The molecule has 0 aliphatic carbocycles. The fraction of sp³-hybridized carbons (Fsp3) is 0.930. The van der Waals surface area contributed by atoms with E-state index in [1.807, 2.05) is 6.08 Å². The van der Waals surface area contributed by atoms with Gasteiger partial charge in [-0.3, -0.25) is 9.32 Å². The maximum absolute atomic E-state index is 12.4. The first-order valence-electron chi connectivity index (χ1n) is 22.0. The first-order chi connectivity index (χ1) is 24.9. The highest BCUT2D eigenvalue weighted by Gasteiger charge is 2.21. The number of carbonyl (C=O) groups excluding carboxylic acids is 1. The predicted octanol–water partition coefficient (Wildman–Crippen LogP) is 14.2. The van der Waals surface area contributed by atoms with Crippen LogP contribution in [0.15, 0.2) is 12.3 Å². The van der Waals surface area contributed by atoms with Gasteiger partial charge in [-0.2, -0.15) is 0 Å². The highest BCUT2D eigenvalue weighted by Crippen LogP contribution is 2.36. The van der Waals surface area contributed by atoms with Crippen molar-refractivity contribution in [1.29, 1.82) is 0 Å². The third-order valence-electron chi connectivity index (χ3n) is 9.91. The molecule has 7 nitrogen and oxygen atoms in total. The van der Waals surface area contributed by atoms with Gasteiger partial charge in [-0.25, -0.2) is 4.57 Å². The number of carbonyl (C=O) groups is 1. The molecule has 0 bridgehead atoms. The second-order valence-electron chi connectivity index (χ2n) is 15.1. The minimum absolute atomic E-state index is 0.000244. The lowest BCUT2D eigenvalue weighted by Crippen LogP contribution is -2.27. The molecule has 8 heteroatoms. The predicted molar refractivity (Wildman–Crippen MR) is 216 cm³/mol. The number of rotatable bonds is 42. The van der Waals surface area contributed by atoms with Crippen molar-refractivity contribution in [2.45, 2.75) is 245 Å². The second kappa shape index (κ2) is 40.3. The average Bonchev–Trinajstić information content (AvgIpc) is 3.10. The van der Waals surface area contributed by atoms with E-state index in [0.29, 0.717) is 6.42 Å². The van der Waals surface area contributed by atoms with Crippen LogP contribution in [0.5, 0.6) is 0 Å². The zero-order valence-corrected chi connectivity index (χ0v) is 34.7. The fourth-order valence-electron chi connectivity index (χ4n) is 6.64. The number of esters is 1. The molecule has 2 N–H and O–H groups in total. The lowest BCUT2D eigenvalue weighted by molar-refractivity contribution is -0.153. The summed E-state index contributed by atoms with van der Waals surface area (Å²) in [6.07, 6.45) is 47.3. The van der Waals surface area contributed by atoms with E-state index in [-0.39, 0.29) is 12.6 Å². The van der Waals surface area contributed by atoms with Crippen molar-refractivity contribution in [3.63, 3.8) is 0 Å². The summed E-state index contributed by atoms with van der Waals surface area (Å²) in [4.78, 5) is 30.6. The van der Waals surface area contributed by atoms with Crippen LogP contribution in [0.4, 0.5) is 0 Å². The van der Waals surface area contributed by atoms with Crippen molar-refractivity contribution in [3.05, 3.63) is 12.3 Å². The maximum atomic E-state index is 12.4. The van der Waals surface area contributed by atoms with Crippen molar-refractivity contribution < 1.29 is 33.1 Å². The van der Waals surface area contributed by atoms with Crippen LogP contribution in [0.25, 0.3) is 0 Å². The van der Waals surface area contributed by atoms with E-state index in [9.17, 15) is 9.36 Å². The standard InChI is InChI=1S/C43H85O7P/c1-3-5-7-9-11-13-15-17-19-21-23-25-27-29-31-33-35-37-39-48-40-42(41-49-51(45,46)47)50-43(44)38-36-34-32-30-28-26-24-22-20-18-16-14-12-10-8-6-4-2/h37,39,42H,3-36,38,40-41H2,1-2H3,(H2,45,46,47)/b39-37-/t42-/m1/s1. The second-order valence-corrected chi connectivity index (χ2v) is 16.3. The molecule has 0 saturated heterocycles. The molecule has 0 radical (unpaired) electrons. The molecular formula is C43H85O7P. The van der Waals surface area contributed by atoms with Gasteiger partial charge in [0, 0.05) is 6.42 Å². The van der Waals surface area contributed by atoms with E-state index in [2.05, 4.69) is 18.4 Å². The molecule has 0 fully saturated rings. The Kier molecular flexibility index (Phi) is 39.6. The van der Waals surface area contributed by atoms with E-state index in [4.69, 9.17) is 19.3 Å². The number of unbranched alkanes of at least 4 members (excludes halogenated alkanes) is 32. The summed E-state index contributed by atoms with van der Waals surface area (Å²) in [5, 5.41) is 0. The van der Waals surface area contributed by atoms with Crippen LogP contribution < -0.4 is 0 Å². The van der Waals surface area contributed by atoms with E-state index in [1.54, 1.807) is 6.26 Å². The molecule has 0 unspecified atom stereocenters. The van der Waals surface area contributed by atoms with E-state index >= 15 is 0 Å². The average molecular weight is 745 g/mol. The van der Waals surface area contributed by atoms with Gasteiger partial charge in [-0.05, 0) is 25.3 Å². The molecule has 51 heavy (non-hydrogen) atoms. The molecular weight excluding hydrogens is 659 g/mol. The van der Waals surface area contributed by atoms with Crippen LogP contribution in [0.1, 0.15) is 239 Å². The first kappa shape index (κ1) is 50.1. The Morgan fingerprint density at radius 2 is 0.843 bits per heavy atom. The highest BCUT2D eigenvalue weighted by molar-refractivity contribution is 7.46. The van der Waals surface area contributed by atoms with Crippen LogP contribution in [0, 0.1) is 0 Å². The van der Waals surface area contributed by atoms with E-state index < -0.39 is 20.5 Å². The molecule has 0 saturated carbocycles. The number of hydrogen-bond acceptors (Lipinski definition) is 5. The summed E-state index contributed by atoms with van der Waals surface area (Å²) in [5.74, 6) is -0.379. The van der Waals surface area contributed by atoms with Crippen LogP contribution in [-0.4, -0.2) is 35.1 Å². The Labute approximate surface area is 316 Å². The summed E-state index contributed by atoms with van der Waals surface area (Å²) in [7, 11) is -4.66. The summed E-state index contributed by atoms with van der Waals surface area (Å²) in [6.45, 7) is 4.15. The lowest BCUT2D eigenvalue weighted by Gasteiger charge is -2.18. The van der Waals surface area contributed by atoms with Crippen molar-refractivity contribution >= 4 is 13.8 Å². The highest BCUT2D eigenvalue weighted by atomic mass is 31.2. The van der Waals surface area contributed by atoms with Gasteiger partial charge in [0.15, 0.2) is 6.10 Å². The molecule has 0 aliphatic rings. The first-order valence-corrected chi connectivity index (χ1v) is 23.6. The van der Waals surface area contributed by atoms with Crippen LogP contribution >= 0.6 is 7.82 Å². The number of ether oxygens (including phenoxy) is 2. The molecule has 0 spiro atoms. The van der Waals surface area contributed by atoms with Gasteiger partial charge in [0.1, 0.15) is 6.61 Å². The number of phosphoric acid groups is 1. The SMILES string of the molecule is CCCCCCCCCCCCCCCCCC/C=C\OC[C@H](COP(=O)(O)O)OC(=O)CCCCCCCCCCCCCCCCCCC. The van der Waals surface area contributed by atoms with Crippen LogP contribution in [0.3, 0.4) is 0 Å². The molecule has 0 aliphatic heterocycles. The van der Waals surface area contributed by atoms with Gasteiger partial charge in [0.25, 0.3) is 0 Å². The quantitative estimate of drug-likeness (QED) is 0.0278. The fourth-order valence-corrected chi connectivity index (χ4v) is 7.01. The molecule has 0 aromatic carbocycles. The zero-order valence-electron chi connectivity index (χ0n) is 33.8. The van der Waals surface area contributed by atoms with Gasteiger partial charge in [0.05, 0.1) is 12.9 Å². The van der Waals surface area contributed by atoms with Gasteiger partial charge in [-0.15, -0.1) is 0 Å². The minimum atomic E-state index is -4.66. The molecule has 0 aromatic rings. The summed E-state index contributed by atoms with van der Waals surface area (Å²) in [6, 6.07) is 0. The smallest absolute Gasteiger partial charge is 0.469 e. The third kappa shape index (κ3) is 43.4. The topological polar surface area (TPSA) is 102 Å².